The monoisotopic (exact) mass is 155 g/mol. The van der Waals surface area contributed by atoms with Gasteiger partial charge in [-0.15, -0.1) is 0 Å². The molecule has 0 radical (unpaired) electrons. The number of allylic oxidation sites excluding steroid dienone is 2. The summed E-state index contributed by atoms with van der Waals surface area (Å²) in [5, 5.41) is 7.36. The maximum absolute atomic E-state index is 7.36. The van der Waals surface area contributed by atoms with E-state index in [1.54, 1.807) is 0 Å². The molecule has 0 amide bonds. The first-order valence-corrected chi connectivity index (χ1v) is 4.43. The number of hydrogen-bond donors (Lipinski definition) is 1. The van der Waals surface area contributed by atoms with E-state index in [1.165, 1.54) is 0 Å². The van der Waals surface area contributed by atoms with Crippen LogP contribution in [0.1, 0.15) is 41.0 Å². The molecule has 1 heteroatoms. The van der Waals surface area contributed by atoms with Crippen molar-refractivity contribution in [3.8, 4) is 0 Å². The summed E-state index contributed by atoms with van der Waals surface area (Å²) in [5.41, 5.74) is 0.719. The summed E-state index contributed by atoms with van der Waals surface area (Å²) in [6, 6.07) is 0. The number of hydrogen-bond acceptors (Lipinski definition) is 1. The molecular weight excluding hydrogens is 134 g/mol. The minimum Gasteiger partial charge on any atom is -0.305 e. The molecule has 0 saturated heterocycles. The van der Waals surface area contributed by atoms with Crippen molar-refractivity contribution in [1.29, 1.82) is 5.41 Å². The second-order valence-electron chi connectivity index (χ2n) is 2.42. The predicted octanol–water partition coefficient (Wildman–Crippen LogP) is 3.65. The molecule has 0 spiro atoms. The third kappa shape index (κ3) is 9.41. The van der Waals surface area contributed by atoms with Gasteiger partial charge in [0.1, 0.15) is 0 Å². The highest BCUT2D eigenvalue weighted by Crippen LogP contribution is 1.95. The van der Waals surface area contributed by atoms with Gasteiger partial charge < -0.3 is 5.41 Å². The summed E-state index contributed by atoms with van der Waals surface area (Å²) in [6.45, 7) is 10.1. The van der Waals surface area contributed by atoms with E-state index in [-0.39, 0.29) is 0 Å². The zero-order valence-corrected chi connectivity index (χ0v) is 8.44. The SMILES string of the molecule is CC.CC/C=C\C(=N)C(C)C. The van der Waals surface area contributed by atoms with Crippen LogP contribution in [0.3, 0.4) is 0 Å². The fourth-order valence-electron chi connectivity index (χ4n) is 0.437. The molecule has 0 fully saturated rings. The van der Waals surface area contributed by atoms with Crippen LogP contribution < -0.4 is 0 Å². The van der Waals surface area contributed by atoms with Gasteiger partial charge in [-0.1, -0.05) is 40.7 Å². The molecule has 1 nitrogen and oxygen atoms in total. The molecule has 0 saturated carbocycles. The van der Waals surface area contributed by atoms with Gasteiger partial charge in [-0.2, -0.15) is 0 Å². The lowest BCUT2D eigenvalue weighted by molar-refractivity contribution is 0.881. The first-order chi connectivity index (χ1) is 5.18. The minimum atomic E-state index is 0.368. The standard InChI is InChI=1S/C8H15N.C2H6/c1-4-5-6-8(9)7(2)3;1-2/h5-7,9H,4H2,1-3H3;1-2H3/b6-5-,9-8?;. The van der Waals surface area contributed by atoms with Gasteiger partial charge in [0.05, 0.1) is 0 Å². The molecule has 0 aromatic rings. The van der Waals surface area contributed by atoms with Crippen molar-refractivity contribution in [3.05, 3.63) is 12.2 Å². The van der Waals surface area contributed by atoms with Crippen molar-refractivity contribution >= 4 is 5.71 Å². The smallest absolute Gasteiger partial charge is 0.0336 e. The molecule has 0 aliphatic rings. The van der Waals surface area contributed by atoms with Gasteiger partial charge in [0.2, 0.25) is 0 Å². The van der Waals surface area contributed by atoms with Crippen LogP contribution in [-0.2, 0) is 0 Å². The Kier molecular flexibility index (Phi) is 11.1. The lowest BCUT2D eigenvalue weighted by Gasteiger charge is -1.98. The Morgan fingerprint density at radius 3 is 2.09 bits per heavy atom. The van der Waals surface area contributed by atoms with Crippen LogP contribution in [0, 0.1) is 11.3 Å². The van der Waals surface area contributed by atoms with Gasteiger partial charge in [0.25, 0.3) is 0 Å². The second kappa shape index (κ2) is 9.41. The molecule has 11 heavy (non-hydrogen) atoms. The summed E-state index contributed by atoms with van der Waals surface area (Å²) < 4.78 is 0. The highest BCUT2D eigenvalue weighted by atomic mass is 14.4. The third-order valence-corrected chi connectivity index (χ3v) is 1.16. The maximum atomic E-state index is 7.36. The van der Waals surface area contributed by atoms with Gasteiger partial charge in [0.15, 0.2) is 0 Å². The lowest BCUT2D eigenvalue weighted by atomic mass is 10.1. The summed E-state index contributed by atoms with van der Waals surface area (Å²) in [7, 11) is 0. The van der Waals surface area contributed by atoms with E-state index in [4.69, 9.17) is 5.41 Å². The van der Waals surface area contributed by atoms with Crippen molar-refractivity contribution < 1.29 is 0 Å². The van der Waals surface area contributed by atoms with Crippen LogP contribution in [0.4, 0.5) is 0 Å². The van der Waals surface area contributed by atoms with Gasteiger partial charge >= 0.3 is 0 Å². The van der Waals surface area contributed by atoms with Crippen molar-refractivity contribution in [2.24, 2.45) is 5.92 Å². The van der Waals surface area contributed by atoms with Gasteiger partial charge in [-0.3, -0.25) is 0 Å². The van der Waals surface area contributed by atoms with Crippen LogP contribution in [-0.4, -0.2) is 5.71 Å². The van der Waals surface area contributed by atoms with Crippen LogP contribution in [0.25, 0.3) is 0 Å². The average Bonchev–Trinajstić information content (AvgIpc) is 2.03. The Labute approximate surface area is 71.0 Å². The Bertz CT molecular complexity index is 112. The lowest BCUT2D eigenvalue weighted by Crippen LogP contribution is -2.00. The molecule has 0 rings (SSSR count). The molecule has 0 aromatic carbocycles. The fraction of sp³-hybridized carbons (Fsp3) is 0.700. The van der Waals surface area contributed by atoms with Crippen LogP contribution in [0.2, 0.25) is 0 Å². The molecule has 0 aliphatic carbocycles. The summed E-state index contributed by atoms with van der Waals surface area (Å²) in [4.78, 5) is 0. The summed E-state index contributed by atoms with van der Waals surface area (Å²) in [5.74, 6) is 0.368. The van der Waals surface area contributed by atoms with E-state index in [1.807, 2.05) is 39.8 Å². The van der Waals surface area contributed by atoms with Crippen molar-refractivity contribution in [2.75, 3.05) is 0 Å². The molecule has 0 bridgehead atoms. The topological polar surface area (TPSA) is 23.9 Å². The Morgan fingerprint density at radius 1 is 1.36 bits per heavy atom. The largest absolute Gasteiger partial charge is 0.305 e. The van der Waals surface area contributed by atoms with Crippen LogP contribution in [0.5, 0.6) is 0 Å². The quantitative estimate of drug-likeness (QED) is 0.601. The average molecular weight is 155 g/mol. The van der Waals surface area contributed by atoms with Crippen molar-refractivity contribution in [1.82, 2.24) is 0 Å². The van der Waals surface area contributed by atoms with Gasteiger partial charge in [-0.25, -0.2) is 0 Å². The highest BCUT2D eigenvalue weighted by molar-refractivity contribution is 5.93. The molecule has 0 heterocycles. The summed E-state index contributed by atoms with van der Waals surface area (Å²) >= 11 is 0. The number of rotatable bonds is 3. The minimum absolute atomic E-state index is 0.368. The van der Waals surface area contributed by atoms with Gasteiger partial charge in [-0.05, 0) is 18.4 Å². The van der Waals surface area contributed by atoms with E-state index >= 15 is 0 Å². The molecule has 1 N–H and O–H groups in total. The Balaban J connectivity index is 0. The maximum Gasteiger partial charge on any atom is 0.0336 e. The van der Waals surface area contributed by atoms with Crippen LogP contribution in [0.15, 0.2) is 12.2 Å². The molecule has 0 aliphatic heterocycles. The van der Waals surface area contributed by atoms with E-state index in [9.17, 15) is 0 Å². The first-order valence-electron chi connectivity index (χ1n) is 4.43. The molecule has 0 atom stereocenters. The Hall–Kier alpha value is -0.590. The Morgan fingerprint density at radius 2 is 1.82 bits per heavy atom. The highest BCUT2D eigenvalue weighted by Gasteiger charge is 1.94. The van der Waals surface area contributed by atoms with Crippen LogP contribution >= 0.6 is 0 Å². The van der Waals surface area contributed by atoms with Gasteiger partial charge in [0, 0.05) is 5.71 Å². The van der Waals surface area contributed by atoms with E-state index < -0.39 is 0 Å². The fourth-order valence-corrected chi connectivity index (χ4v) is 0.437. The normalized spacial score (nSPS) is 9.64. The first kappa shape index (κ1) is 13.0. The molecular formula is C10H21N. The van der Waals surface area contributed by atoms with E-state index in [0.29, 0.717) is 5.92 Å². The second-order valence-corrected chi connectivity index (χ2v) is 2.42. The van der Waals surface area contributed by atoms with E-state index in [2.05, 4.69) is 6.92 Å². The third-order valence-electron chi connectivity index (χ3n) is 1.16. The molecule has 66 valence electrons. The predicted molar refractivity (Wildman–Crippen MR) is 53.3 cm³/mol. The zero-order chi connectivity index (χ0) is 9.28. The van der Waals surface area contributed by atoms with Crippen molar-refractivity contribution in [2.45, 2.75) is 41.0 Å². The molecule has 0 unspecified atom stereocenters. The number of nitrogens with one attached hydrogen (secondary N) is 1. The molecule has 0 aromatic heterocycles. The van der Waals surface area contributed by atoms with E-state index in [0.717, 1.165) is 12.1 Å². The zero-order valence-electron chi connectivity index (χ0n) is 8.44. The van der Waals surface area contributed by atoms with Crippen molar-refractivity contribution in [3.63, 3.8) is 0 Å². The summed E-state index contributed by atoms with van der Waals surface area (Å²) in [6.07, 6.45) is 4.92.